The highest BCUT2D eigenvalue weighted by Gasteiger charge is 2.17. The molecule has 0 radical (unpaired) electrons. The van der Waals surface area contributed by atoms with Gasteiger partial charge in [-0.2, -0.15) is 16.9 Å². The third kappa shape index (κ3) is 3.14. The van der Waals surface area contributed by atoms with Gasteiger partial charge in [-0.3, -0.25) is 4.68 Å². The van der Waals surface area contributed by atoms with Gasteiger partial charge in [0.25, 0.3) is 0 Å². The molecule has 0 bridgehead atoms. The van der Waals surface area contributed by atoms with Gasteiger partial charge in [-0.1, -0.05) is 17.7 Å². The number of benzene rings is 1. The Morgan fingerprint density at radius 2 is 2.33 bits per heavy atom. The van der Waals surface area contributed by atoms with Crippen LogP contribution in [0, 0.1) is 0 Å². The van der Waals surface area contributed by atoms with Crippen molar-refractivity contribution in [3.05, 3.63) is 29.4 Å². The maximum Gasteiger partial charge on any atom is 0.138 e. The van der Waals surface area contributed by atoms with Crippen molar-refractivity contribution in [3.8, 4) is 16.9 Å². The molecule has 6 heteroatoms. The van der Waals surface area contributed by atoms with Gasteiger partial charge in [-0.25, -0.2) is 0 Å². The van der Waals surface area contributed by atoms with Crippen molar-refractivity contribution < 1.29 is 4.74 Å². The van der Waals surface area contributed by atoms with E-state index in [0.29, 0.717) is 10.8 Å². The predicted octanol–water partition coefficient (Wildman–Crippen LogP) is 3.60. The second kappa shape index (κ2) is 6.20. The van der Waals surface area contributed by atoms with Gasteiger partial charge in [0.05, 0.1) is 11.2 Å². The number of halogens is 1. The topological polar surface area (TPSA) is 53.1 Å². The zero-order valence-corrected chi connectivity index (χ0v) is 13.5. The molecule has 0 amide bonds. The first-order valence-electron chi connectivity index (χ1n) is 6.97. The van der Waals surface area contributed by atoms with Crippen molar-refractivity contribution in [2.75, 3.05) is 17.2 Å². The van der Waals surface area contributed by atoms with Gasteiger partial charge in [-0.15, -0.1) is 0 Å². The minimum Gasteiger partial charge on any atom is -0.488 e. The lowest BCUT2D eigenvalue weighted by molar-refractivity contribution is 0.211. The number of anilines is 1. The molecule has 4 nitrogen and oxygen atoms in total. The number of thioether (sulfide) groups is 1. The Bertz CT molecular complexity index is 638. The summed E-state index contributed by atoms with van der Waals surface area (Å²) in [5.74, 6) is 3.64. The van der Waals surface area contributed by atoms with E-state index < -0.39 is 0 Å². The number of hydrogen-bond donors (Lipinski definition) is 1. The molecule has 1 aromatic carbocycles. The van der Waals surface area contributed by atoms with Crippen LogP contribution in [0.15, 0.2) is 24.4 Å². The molecule has 3 rings (SSSR count). The van der Waals surface area contributed by atoms with Crippen LogP contribution in [0.25, 0.3) is 11.1 Å². The van der Waals surface area contributed by atoms with E-state index in [1.165, 1.54) is 12.2 Å². The number of ether oxygens (including phenoxy) is 1. The molecule has 1 saturated heterocycles. The van der Waals surface area contributed by atoms with Crippen LogP contribution >= 0.6 is 23.4 Å². The van der Waals surface area contributed by atoms with Crippen molar-refractivity contribution >= 4 is 29.2 Å². The first kappa shape index (κ1) is 14.6. The van der Waals surface area contributed by atoms with Crippen LogP contribution < -0.4 is 10.5 Å². The van der Waals surface area contributed by atoms with Crippen LogP contribution in [0.2, 0.25) is 5.02 Å². The van der Waals surface area contributed by atoms with Crippen LogP contribution in [-0.4, -0.2) is 27.4 Å². The van der Waals surface area contributed by atoms with E-state index in [2.05, 4.69) is 5.10 Å². The van der Waals surface area contributed by atoms with E-state index in [1.54, 1.807) is 10.9 Å². The summed E-state index contributed by atoms with van der Waals surface area (Å²) in [6.07, 6.45) is 4.31. The number of aryl methyl sites for hydroxylation is 1. The lowest BCUT2D eigenvalue weighted by Gasteiger charge is -2.23. The van der Waals surface area contributed by atoms with Crippen molar-refractivity contribution in [1.29, 1.82) is 0 Å². The summed E-state index contributed by atoms with van der Waals surface area (Å²) in [5, 5.41) is 4.77. The predicted molar refractivity (Wildman–Crippen MR) is 89.0 cm³/mol. The molecule has 2 aromatic rings. The monoisotopic (exact) mass is 323 g/mol. The fourth-order valence-electron chi connectivity index (χ4n) is 2.42. The van der Waals surface area contributed by atoms with E-state index in [4.69, 9.17) is 22.1 Å². The summed E-state index contributed by atoms with van der Waals surface area (Å²) in [7, 11) is 1.82. The quantitative estimate of drug-likeness (QED) is 0.937. The maximum atomic E-state index is 6.36. The van der Waals surface area contributed by atoms with Crippen LogP contribution in [0.1, 0.15) is 12.8 Å². The first-order chi connectivity index (χ1) is 10.1. The highest BCUT2D eigenvalue weighted by molar-refractivity contribution is 7.99. The largest absolute Gasteiger partial charge is 0.488 e. The normalized spacial score (nSPS) is 18.7. The minimum atomic E-state index is 0.260. The SMILES string of the molecule is Cn1ncc(-c2ccc(OC3CCCSC3)c(Cl)c2)c1N. The molecule has 2 heterocycles. The molecule has 1 aromatic heterocycles. The van der Waals surface area contributed by atoms with E-state index in [1.807, 2.05) is 37.0 Å². The lowest BCUT2D eigenvalue weighted by atomic mass is 10.1. The highest BCUT2D eigenvalue weighted by Crippen LogP contribution is 2.34. The summed E-state index contributed by atoms with van der Waals surface area (Å²) in [6, 6.07) is 5.79. The second-order valence-electron chi connectivity index (χ2n) is 5.17. The molecule has 1 fully saturated rings. The van der Waals surface area contributed by atoms with Crippen molar-refractivity contribution in [2.45, 2.75) is 18.9 Å². The number of nitrogens with zero attached hydrogens (tertiary/aromatic N) is 2. The van der Waals surface area contributed by atoms with Gasteiger partial charge >= 0.3 is 0 Å². The molecule has 1 aliphatic heterocycles. The van der Waals surface area contributed by atoms with Crippen LogP contribution in [0.4, 0.5) is 5.82 Å². The van der Waals surface area contributed by atoms with Crippen LogP contribution in [-0.2, 0) is 7.05 Å². The van der Waals surface area contributed by atoms with Crippen molar-refractivity contribution in [2.24, 2.45) is 7.05 Å². The molecule has 1 aliphatic rings. The van der Waals surface area contributed by atoms with E-state index in [9.17, 15) is 0 Å². The van der Waals surface area contributed by atoms with Gasteiger partial charge in [0.2, 0.25) is 0 Å². The molecule has 0 spiro atoms. The fraction of sp³-hybridized carbons (Fsp3) is 0.400. The average Bonchev–Trinajstić information content (AvgIpc) is 2.82. The van der Waals surface area contributed by atoms with E-state index in [-0.39, 0.29) is 6.10 Å². The van der Waals surface area contributed by atoms with Gasteiger partial charge in [-0.05, 0) is 36.3 Å². The fourth-order valence-corrected chi connectivity index (χ4v) is 3.68. The van der Waals surface area contributed by atoms with Gasteiger partial charge in [0, 0.05) is 18.4 Å². The standard InChI is InChI=1S/C15H18ClN3OS/c1-19-15(17)12(8-18-19)10-4-5-14(13(16)7-10)20-11-3-2-6-21-9-11/h4-5,7-8,11H,2-3,6,9,17H2,1H3. The lowest BCUT2D eigenvalue weighted by Crippen LogP contribution is -2.23. The molecule has 2 N–H and O–H groups in total. The average molecular weight is 324 g/mol. The number of hydrogen-bond acceptors (Lipinski definition) is 4. The molecular formula is C15H18ClN3OS. The van der Waals surface area contributed by atoms with E-state index >= 15 is 0 Å². The summed E-state index contributed by atoms with van der Waals surface area (Å²) in [4.78, 5) is 0. The molecule has 21 heavy (non-hydrogen) atoms. The van der Waals surface area contributed by atoms with Gasteiger partial charge in [0.1, 0.15) is 17.7 Å². The van der Waals surface area contributed by atoms with Crippen molar-refractivity contribution in [3.63, 3.8) is 0 Å². The van der Waals surface area contributed by atoms with Crippen LogP contribution in [0.5, 0.6) is 5.75 Å². The maximum absolute atomic E-state index is 6.36. The third-order valence-electron chi connectivity index (χ3n) is 3.64. The Balaban J connectivity index is 1.81. The second-order valence-corrected chi connectivity index (χ2v) is 6.73. The minimum absolute atomic E-state index is 0.260. The van der Waals surface area contributed by atoms with Gasteiger partial charge < -0.3 is 10.5 Å². The number of rotatable bonds is 3. The van der Waals surface area contributed by atoms with Crippen LogP contribution in [0.3, 0.4) is 0 Å². The molecule has 0 aliphatic carbocycles. The number of aromatic nitrogens is 2. The highest BCUT2D eigenvalue weighted by atomic mass is 35.5. The van der Waals surface area contributed by atoms with Gasteiger partial charge in [0.15, 0.2) is 0 Å². The Hall–Kier alpha value is -1.33. The molecule has 1 atom stereocenters. The molecule has 0 saturated carbocycles. The summed E-state index contributed by atoms with van der Waals surface area (Å²) in [6.45, 7) is 0. The van der Waals surface area contributed by atoms with E-state index in [0.717, 1.165) is 29.1 Å². The number of nitrogens with two attached hydrogens (primary N) is 1. The number of nitrogen functional groups attached to an aromatic ring is 1. The smallest absolute Gasteiger partial charge is 0.138 e. The summed E-state index contributed by atoms with van der Waals surface area (Å²) in [5.41, 5.74) is 7.84. The Morgan fingerprint density at radius 1 is 1.48 bits per heavy atom. The Labute approximate surface area is 133 Å². The zero-order chi connectivity index (χ0) is 14.8. The molecule has 112 valence electrons. The molecule has 1 unspecified atom stereocenters. The Kier molecular flexibility index (Phi) is 4.31. The third-order valence-corrected chi connectivity index (χ3v) is 5.12. The zero-order valence-electron chi connectivity index (χ0n) is 11.9. The summed E-state index contributed by atoms with van der Waals surface area (Å²) >= 11 is 8.30. The summed E-state index contributed by atoms with van der Waals surface area (Å²) < 4.78 is 7.65. The first-order valence-corrected chi connectivity index (χ1v) is 8.50. The molecular weight excluding hydrogens is 306 g/mol. The Morgan fingerprint density at radius 3 is 2.95 bits per heavy atom. The van der Waals surface area contributed by atoms with Crippen molar-refractivity contribution in [1.82, 2.24) is 9.78 Å².